The Hall–Kier alpha value is -5.17. The zero-order chi connectivity index (χ0) is 27.5. The summed E-state index contributed by atoms with van der Waals surface area (Å²) in [6, 6.07) is 32.6. The number of methoxy groups -OCH3 is 1. The molecule has 0 unspecified atom stereocenters. The number of para-hydroxylation sites is 2. The molecule has 0 spiro atoms. The number of nitrogens with one attached hydrogen (secondary N) is 1. The molecule has 198 valence electrons. The minimum absolute atomic E-state index is 0.102. The Labute approximate surface area is 232 Å². The molecule has 40 heavy (non-hydrogen) atoms. The maximum absolute atomic E-state index is 13.9. The molecule has 5 aromatic rings. The van der Waals surface area contributed by atoms with Crippen LogP contribution in [-0.4, -0.2) is 28.5 Å². The number of fused-ring (bicyclic) bond motifs is 2. The average Bonchev–Trinajstić information content (AvgIpc) is 3.33. The van der Waals surface area contributed by atoms with Crippen LogP contribution in [0.15, 0.2) is 109 Å². The number of amides is 2. The number of pyridine rings is 1. The summed E-state index contributed by atoms with van der Waals surface area (Å²) >= 11 is 0. The van der Waals surface area contributed by atoms with Crippen LogP contribution in [0.3, 0.4) is 0 Å². The molecule has 0 saturated heterocycles. The molecule has 0 fully saturated rings. The van der Waals surface area contributed by atoms with Gasteiger partial charge in [0, 0.05) is 28.7 Å². The first-order valence-corrected chi connectivity index (χ1v) is 13.1. The van der Waals surface area contributed by atoms with E-state index in [1.165, 1.54) is 0 Å². The molecule has 1 N–H and O–H groups in total. The highest BCUT2D eigenvalue weighted by atomic mass is 16.5. The van der Waals surface area contributed by atoms with Crippen LogP contribution in [0.5, 0.6) is 5.75 Å². The summed E-state index contributed by atoms with van der Waals surface area (Å²) in [5, 5.41) is 2.97. The lowest BCUT2D eigenvalue weighted by Gasteiger charge is -2.23. The van der Waals surface area contributed by atoms with E-state index in [-0.39, 0.29) is 11.8 Å². The van der Waals surface area contributed by atoms with Crippen LogP contribution in [0.1, 0.15) is 37.8 Å². The highest BCUT2D eigenvalue weighted by molar-refractivity contribution is 6.07. The molecule has 7 nitrogen and oxygen atoms in total. The molecule has 3 heterocycles. The fraction of sp³-hybridized carbons (Fsp3) is 0.121. The molecule has 1 aliphatic rings. The van der Waals surface area contributed by atoms with Gasteiger partial charge in [-0.1, -0.05) is 54.6 Å². The van der Waals surface area contributed by atoms with Crippen molar-refractivity contribution in [1.82, 2.24) is 14.9 Å². The van der Waals surface area contributed by atoms with Crippen molar-refractivity contribution in [2.75, 3.05) is 12.0 Å². The summed E-state index contributed by atoms with van der Waals surface area (Å²) in [6.07, 6.45) is 1.71. The zero-order valence-corrected chi connectivity index (χ0v) is 22.1. The van der Waals surface area contributed by atoms with Crippen LogP contribution in [0.4, 0.5) is 5.69 Å². The van der Waals surface area contributed by atoms with Crippen LogP contribution >= 0.6 is 0 Å². The molecule has 0 radical (unpaired) electrons. The fourth-order valence-corrected chi connectivity index (χ4v) is 5.13. The summed E-state index contributed by atoms with van der Waals surface area (Å²) in [6.45, 7) is 1.17. The van der Waals surface area contributed by atoms with Gasteiger partial charge >= 0.3 is 0 Å². The fourth-order valence-electron chi connectivity index (χ4n) is 5.13. The Morgan fingerprint density at radius 2 is 1.62 bits per heavy atom. The van der Waals surface area contributed by atoms with Crippen LogP contribution in [0, 0.1) is 0 Å². The van der Waals surface area contributed by atoms with Crippen molar-refractivity contribution in [2.45, 2.75) is 19.6 Å². The van der Waals surface area contributed by atoms with Crippen molar-refractivity contribution in [3.8, 4) is 16.9 Å². The minimum atomic E-state index is -0.180. The second-order valence-corrected chi connectivity index (χ2v) is 9.60. The predicted octanol–water partition coefficient (Wildman–Crippen LogP) is 5.70. The van der Waals surface area contributed by atoms with Gasteiger partial charge in [-0.25, -0.2) is 0 Å². The molecule has 2 aromatic heterocycles. The number of rotatable bonds is 6. The maximum Gasteiger partial charge on any atom is 0.268 e. The molecular formula is C33H28N4O3. The van der Waals surface area contributed by atoms with Crippen LogP contribution in [-0.2, 0) is 19.6 Å². The number of anilines is 1. The molecular weight excluding hydrogens is 500 g/mol. The first kappa shape index (κ1) is 25.1. The number of hydrogen-bond donors (Lipinski definition) is 1. The first-order valence-electron chi connectivity index (χ1n) is 13.1. The lowest BCUT2D eigenvalue weighted by atomic mass is 10.0. The smallest absolute Gasteiger partial charge is 0.268 e. The summed E-state index contributed by atoms with van der Waals surface area (Å²) in [4.78, 5) is 33.1. The number of benzene rings is 3. The quantitative estimate of drug-likeness (QED) is 0.307. The molecule has 7 heteroatoms. The van der Waals surface area contributed by atoms with Crippen molar-refractivity contribution >= 4 is 17.5 Å². The number of nitrogens with zero attached hydrogens (tertiary/aromatic N) is 3. The summed E-state index contributed by atoms with van der Waals surface area (Å²) in [5.74, 6) is 0.500. The Morgan fingerprint density at radius 1 is 0.850 bits per heavy atom. The van der Waals surface area contributed by atoms with Crippen LogP contribution in [0.25, 0.3) is 11.1 Å². The highest BCUT2D eigenvalue weighted by Crippen LogP contribution is 2.32. The van der Waals surface area contributed by atoms with Gasteiger partial charge in [-0.3, -0.25) is 14.6 Å². The first-order chi connectivity index (χ1) is 19.6. The lowest BCUT2D eigenvalue weighted by molar-refractivity contribution is 0.0940. The van der Waals surface area contributed by atoms with Crippen LogP contribution < -0.4 is 15.0 Å². The van der Waals surface area contributed by atoms with Crippen LogP contribution in [0.2, 0.25) is 0 Å². The second kappa shape index (κ2) is 10.9. The number of hydrogen-bond acceptors (Lipinski definition) is 4. The van der Waals surface area contributed by atoms with Gasteiger partial charge in [0.2, 0.25) is 0 Å². The van der Waals surface area contributed by atoms with Crippen molar-refractivity contribution < 1.29 is 14.3 Å². The standard InChI is InChI=1S/C33H28N4O3/c1-40-31-12-5-3-10-28(31)23-13-15-24(16-14-23)33(39)37-22-27-17-18-30(32(38)35-20-26-9-6-7-19-34-26)36(27)21-25-8-2-4-11-29(25)37/h2-19H,20-22H2,1H3,(H,35,38). The van der Waals surface area contributed by atoms with Crippen molar-refractivity contribution in [3.05, 3.63) is 138 Å². The maximum atomic E-state index is 13.9. The third kappa shape index (κ3) is 4.85. The van der Waals surface area contributed by atoms with Gasteiger partial charge in [0.05, 0.1) is 32.4 Å². The summed E-state index contributed by atoms with van der Waals surface area (Å²) in [5.41, 5.74) is 6.56. The molecule has 2 amide bonds. The molecule has 0 bridgehead atoms. The molecule has 3 aromatic carbocycles. The van der Waals surface area contributed by atoms with Gasteiger partial charge in [-0.15, -0.1) is 0 Å². The van der Waals surface area contributed by atoms with Crippen molar-refractivity contribution in [3.63, 3.8) is 0 Å². The van der Waals surface area contributed by atoms with E-state index in [9.17, 15) is 9.59 Å². The SMILES string of the molecule is COc1ccccc1-c1ccc(C(=O)N2Cc3ccc(C(=O)NCc4ccccn4)n3Cc3ccccc32)cc1. The van der Waals surface area contributed by atoms with Crippen molar-refractivity contribution in [2.24, 2.45) is 0 Å². The van der Waals surface area contributed by atoms with E-state index < -0.39 is 0 Å². The molecule has 0 saturated carbocycles. The van der Waals surface area contributed by atoms with Crippen molar-refractivity contribution in [1.29, 1.82) is 0 Å². The highest BCUT2D eigenvalue weighted by Gasteiger charge is 2.27. The zero-order valence-electron chi connectivity index (χ0n) is 22.1. The Bertz CT molecular complexity index is 1680. The largest absolute Gasteiger partial charge is 0.496 e. The Kier molecular flexibility index (Phi) is 6.85. The van der Waals surface area contributed by atoms with Gasteiger partial charge in [0.25, 0.3) is 11.8 Å². The number of carbonyl (C=O) groups is 2. The molecule has 0 atom stereocenters. The van der Waals surface area contributed by atoms with Gasteiger partial charge in [0.15, 0.2) is 0 Å². The third-order valence-corrected chi connectivity index (χ3v) is 7.19. The molecule has 6 rings (SSSR count). The monoisotopic (exact) mass is 528 g/mol. The topological polar surface area (TPSA) is 76.5 Å². The summed E-state index contributed by atoms with van der Waals surface area (Å²) < 4.78 is 7.50. The lowest BCUT2D eigenvalue weighted by Crippen LogP contribution is -2.30. The van der Waals surface area contributed by atoms with Gasteiger partial charge in [-0.05, 0) is 59.7 Å². The van der Waals surface area contributed by atoms with Gasteiger partial charge in [0.1, 0.15) is 11.4 Å². The second-order valence-electron chi connectivity index (χ2n) is 9.60. The van der Waals surface area contributed by atoms with Gasteiger partial charge in [-0.2, -0.15) is 0 Å². The normalized spacial score (nSPS) is 12.2. The number of aromatic nitrogens is 2. The number of ether oxygens (including phenoxy) is 1. The van der Waals surface area contributed by atoms with E-state index >= 15 is 0 Å². The molecule has 1 aliphatic heterocycles. The minimum Gasteiger partial charge on any atom is -0.496 e. The number of carbonyl (C=O) groups excluding carboxylic acids is 2. The Morgan fingerprint density at radius 3 is 2.42 bits per heavy atom. The predicted molar refractivity (Wildman–Crippen MR) is 154 cm³/mol. The third-order valence-electron chi connectivity index (χ3n) is 7.19. The van der Waals surface area contributed by atoms with Gasteiger partial charge < -0.3 is 19.5 Å². The Balaban J connectivity index is 1.28. The van der Waals surface area contributed by atoms with E-state index in [1.807, 2.05) is 108 Å². The van der Waals surface area contributed by atoms with E-state index in [1.54, 1.807) is 18.2 Å². The van der Waals surface area contributed by atoms with E-state index in [0.29, 0.717) is 30.9 Å². The molecule has 0 aliphatic carbocycles. The van der Waals surface area contributed by atoms with E-state index in [2.05, 4.69) is 10.3 Å². The summed E-state index contributed by atoms with van der Waals surface area (Å²) in [7, 11) is 1.65. The van der Waals surface area contributed by atoms with E-state index in [0.717, 1.165) is 39.5 Å². The average molecular weight is 529 g/mol. The van der Waals surface area contributed by atoms with E-state index in [4.69, 9.17) is 4.74 Å².